The minimum atomic E-state index is -3.79. The minimum Gasteiger partial charge on any atom is -0.382 e. The number of ether oxygens (including phenoxy) is 4. The van der Waals surface area contributed by atoms with E-state index in [0.29, 0.717) is 27.8 Å². The molecule has 604 valence electrons. The molecule has 2 aromatic carbocycles. The molecule has 0 spiro atoms. The summed E-state index contributed by atoms with van der Waals surface area (Å²) in [4.78, 5) is 80.0. The highest BCUT2D eigenvalue weighted by Gasteiger charge is 2.56. The third-order valence-corrected chi connectivity index (χ3v) is 29.8. The lowest BCUT2D eigenvalue weighted by atomic mass is 10.1. The van der Waals surface area contributed by atoms with E-state index in [1.54, 1.807) is 60.7 Å². The van der Waals surface area contributed by atoms with E-state index in [2.05, 4.69) is 110 Å². The van der Waals surface area contributed by atoms with Crippen LogP contribution in [-0.4, -0.2) is 209 Å². The van der Waals surface area contributed by atoms with Crippen molar-refractivity contribution >= 4 is 176 Å². The van der Waals surface area contributed by atoms with E-state index in [9.17, 15) is 14.9 Å². The summed E-state index contributed by atoms with van der Waals surface area (Å²) in [5, 5.41) is 20.9. The average molecular weight is 1760 g/mol. The third kappa shape index (κ3) is 17.6. The second-order valence-electron chi connectivity index (χ2n) is 25.7. The highest BCUT2D eigenvalue weighted by atomic mass is 32.9. The molecule has 2 amide bonds. The van der Waals surface area contributed by atoms with Gasteiger partial charge >= 0.3 is 0 Å². The molecule has 38 nitrogen and oxygen atoms in total. The number of benzene rings is 2. The second kappa shape index (κ2) is 35.4. The number of carbonyl (C=O) groups is 2. The molecule has 20 atom stereocenters. The molecular weight excluding hydrogens is 1690 g/mol. The van der Waals surface area contributed by atoms with Crippen LogP contribution in [0.25, 0.3) is 49.5 Å². The summed E-state index contributed by atoms with van der Waals surface area (Å²) < 4.78 is 135. The van der Waals surface area contributed by atoms with Gasteiger partial charge in [0.05, 0.1) is 56.6 Å². The van der Waals surface area contributed by atoms with Crippen LogP contribution < -0.4 is 44.6 Å². The van der Waals surface area contributed by atoms with Crippen LogP contribution in [0.5, 0.6) is 0 Å². The number of carbonyl (C=O) groups excluding carboxylic acids is 2. The first kappa shape index (κ1) is 84.5. The quantitative estimate of drug-likeness (QED) is 0.0160. The predicted octanol–water partition coefficient (Wildman–Crippen LogP) is 8.59. The Bertz CT molecular complexity index is 5160. The maximum atomic E-state index is 17.2. The normalized spacial score (nSPS) is 31.7. The van der Waals surface area contributed by atoms with Crippen molar-refractivity contribution in [3.8, 4) is 6.07 Å². The van der Waals surface area contributed by atoms with Gasteiger partial charge in [-0.05, 0) is 72.5 Å². The highest BCUT2D eigenvalue weighted by molar-refractivity contribution is 8.62. The summed E-state index contributed by atoms with van der Waals surface area (Å²) in [6.07, 6.45) is -11.3. The Morgan fingerprint density at radius 3 is 1.42 bits per heavy atom. The number of hydrogen-bond donors (Lipinski definition) is 10. The van der Waals surface area contributed by atoms with Gasteiger partial charge in [-0.1, -0.05) is 48.2 Å². The molecule has 0 aliphatic carbocycles. The molecule has 6 unspecified atom stereocenters. The van der Waals surface area contributed by atoms with Crippen LogP contribution in [0.4, 0.5) is 40.8 Å². The Hall–Kier alpha value is -7.38. The number of alkyl halides is 4. The van der Waals surface area contributed by atoms with E-state index in [-0.39, 0.29) is 128 Å². The first-order valence-electron chi connectivity index (χ1n) is 34.1. The standard InChI is InChI=1S/C41H39F2N13O8P2S2.C21H25F2N11O4P2S4.2H3N/c1-45-15-17-60-66(68)52-19-27-33(29(43)41(62-27)56-23-51-31-35(47-21-49-37(31)56)54-39(58)25-11-6-3-7-12-25)63-65(67,59-16-8-14-44)18-13-26-32(64-66)28(42)40(61-26)55-22-50-30-34(46-20-48-36(30)55)53-38(57)24-9-4-2-5-10-24;22-10-14-8(35-20(10)33-6-30-12-16(24)26-4-28-18(12)33)1-2-39(41,42)37-15-9(3-32-40(43,44)38-14)36-21(11(15)23)34-7-31-13-17(25)27-5-29-19(13)34;;/h2-7,9-12,20-23,26-29,32-33,40-41H,8,13,15-19H2,(H,52,68)(H,46,48,53,57)(H,47,49,54,58);4-11,14-15,20-21H,1-3H2,(H,41,42)(H2,24,26,28)(H2,25,27,29)(H2,32,43,44);2*1H3/t26-,27-,28-,29-,32-,33-,40-,41?,65?,66?;8-,9-,10-,11-,14-,15-,20-,21?;;/m11../s1. The fraction of sp³-hybridized carbons (Fsp3) is 0.419. The van der Waals surface area contributed by atoms with Crippen LogP contribution in [0.2, 0.25) is 0 Å². The summed E-state index contributed by atoms with van der Waals surface area (Å²) in [5.41, 5.74) is 8.15. The number of nitrogen functional groups attached to an aromatic ring is 2. The molecule has 0 bridgehead atoms. The molecule has 10 aromatic rings. The lowest BCUT2D eigenvalue weighted by Gasteiger charge is -2.33. The molecule has 0 saturated carbocycles. The monoisotopic (exact) mass is 1760 g/mol. The van der Waals surface area contributed by atoms with Gasteiger partial charge in [-0.2, -0.15) is 5.26 Å². The van der Waals surface area contributed by atoms with Gasteiger partial charge in [-0.25, -0.2) is 89.0 Å². The zero-order valence-electron chi connectivity index (χ0n) is 59.0. The van der Waals surface area contributed by atoms with Crippen molar-refractivity contribution in [2.24, 2.45) is 0 Å². The number of nitrogens with one attached hydrogen (secondary N) is 4. The summed E-state index contributed by atoms with van der Waals surface area (Å²) in [5.74, 6) is -0.467. The number of thiol groups is 2. The number of halogens is 4. The van der Waals surface area contributed by atoms with Crippen LogP contribution in [0, 0.1) is 17.9 Å². The van der Waals surface area contributed by atoms with Crippen molar-refractivity contribution in [3.05, 3.63) is 134 Å². The fourth-order valence-electron chi connectivity index (χ4n) is 13.4. The van der Waals surface area contributed by atoms with E-state index in [0.717, 1.165) is 0 Å². The maximum Gasteiger partial charge on any atom is 0.262 e. The number of nitriles is 1. The fourth-order valence-corrected chi connectivity index (χ4v) is 23.1. The molecule has 16 rings (SSSR count). The molecule has 6 aliphatic heterocycles. The van der Waals surface area contributed by atoms with Crippen molar-refractivity contribution in [3.63, 3.8) is 0 Å². The summed E-state index contributed by atoms with van der Waals surface area (Å²) in [7, 11) is 0. The summed E-state index contributed by atoms with van der Waals surface area (Å²) in [6, 6.07) is 18.9. The van der Waals surface area contributed by atoms with Gasteiger partial charge in [0, 0.05) is 36.5 Å². The van der Waals surface area contributed by atoms with Crippen molar-refractivity contribution in [2.75, 3.05) is 67.3 Å². The Kier molecular flexibility index (Phi) is 26.3. The number of aromatic nitrogens is 16. The third-order valence-electron chi connectivity index (χ3n) is 18.6. The van der Waals surface area contributed by atoms with Gasteiger partial charge < -0.3 is 85.3 Å². The van der Waals surface area contributed by atoms with Crippen molar-refractivity contribution < 1.29 is 73.2 Å². The number of nitrogens with zero attached hydrogens (tertiary/aromatic N) is 18. The molecule has 114 heavy (non-hydrogen) atoms. The van der Waals surface area contributed by atoms with Gasteiger partial charge in [0.15, 0.2) is 119 Å². The van der Waals surface area contributed by atoms with Gasteiger partial charge in [0.25, 0.3) is 18.5 Å². The largest absolute Gasteiger partial charge is 0.382 e. The van der Waals surface area contributed by atoms with E-state index >= 15 is 17.6 Å². The number of nitrogens with two attached hydrogens (primary N) is 2. The van der Waals surface area contributed by atoms with Crippen molar-refractivity contribution in [1.82, 2.24) is 101 Å². The average Bonchev–Trinajstić information content (AvgIpc) is 1.62. The SMILES string of the molecule is N.N.Nc1ncnc2c1ncn2C1O[C@@H]2CNP(=S)(S)O[C@H]3[C@@H](F)[C@H](n4cnc5c(N)ncnc54)O[C@@H]3CCP(=S)(S)O[C@H]2[C@H]1F.[C-]#[N+]CCOP1(=S)NC[C@H]2OC(n3cnc4c(NC(=O)c5ccccc5)ncnc43)[C@H](F)[C@@H]2OP(=S)(OCCC#N)CC[C@H]2O[C@@H](n3cnc4c(NC(=O)c5ccccc5)ncnc43)[C@H](F)[C@@H]2O1. The lowest BCUT2D eigenvalue weighted by molar-refractivity contribution is -0.0250. The molecule has 14 N–H and O–H groups in total. The van der Waals surface area contributed by atoms with Gasteiger partial charge in [0.2, 0.25) is 6.54 Å². The minimum absolute atomic E-state index is 0. The Morgan fingerprint density at radius 2 is 0.956 bits per heavy atom. The molecule has 14 heterocycles. The molecule has 6 aliphatic rings. The maximum absolute atomic E-state index is 17.2. The second-order valence-corrected chi connectivity index (χ2v) is 44.8. The van der Waals surface area contributed by atoms with Crippen LogP contribution in [0.3, 0.4) is 0 Å². The molecule has 0 radical (unpaired) electrons. The molecule has 6 saturated heterocycles. The smallest absolute Gasteiger partial charge is 0.262 e. The number of anilines is 4. The predicted molar refractivity (Wildman–Crippen MR) is 427 cm³/mol. The van der Waals surface area contributed by atoms with Crippen LogP contribution >= 0.6 is 48.7 Å². The number of fused-ring (bicyclic) bond motifs is 8. The van der Waals surface area contributed by atoms with E-state index < -0.39 is 134 Å². The first-order valence-corrected chi connectivity index (χ1v) is 47.5. The summed E-state index contributed by atoms with van der Waals surface area (Å²) in [6.45, 7) is -0.813. The van der Waals surface area contributed by atoms with Crippen molar-refractivity contribution in [1.29, 1.82) is 5.26 Å². The Labute approximate surface area is 675 Å². The number of hydrogen-bond acceptors (Lipinski definition) is 33. The molecule has 6 fully saturated rings. The zero-order chi connectivity index (χ0) is 78.4. The summed E-state index contributed by atoms with van der Waals surface area (Å²) >= 11 is 32.6. The molecule has 8 aromatic heterocycles. The zero-order valence-corrected chi connectivity index (χ0v) is 67.7. The van der Waals surface area contributed by atoms with Crippen LogP contribution in [0.15, 0.2) is 111 Å². The highest BCUT2D eigenvalue weighted by Crippen LogP contribution is 2.61. The topological polar surface area (TPSA) is 499 Å². The van der Waals surface area contributed by atoms with Gasteiger partial charge in [-0.15, -0.1) is 24.5 Å². The van der Waals surface area contributed by atoms with Crippen LogP contribution in [-0.2, 0) is 93.3 Å². The van der Waals surface area contributed by atoms with Gasteiger partial charge in [0.1, 0.15) is 85.0 Å². The van der Waals surface area contributed by atoms with E-state index in [4.69, 9.17) is 111 Å². The molecular formula is C62H70F4N26O12P4S6. The number of imidazole rings is 4. The van der Waals surface area contributed by atoms with E-state index in [1.807, 2.05) is 6.07 Å². The molecule has 52 heteroatoms. The van der Waals surface area contributed by atoms with Crippen molar-refractivity contribution in [2.45, 2.75) is 118 Å². The van der Waals surface area contributed by atoms with Crippen LogP contribution in [0.1, 0.15) is 64.9 Å². The van der Waals surface area contributed by atoms with Gasteiger partial charge in [-0.3, -0.25) is 32.9 Å². The van der Waals surface area contributed by atoms with E-state index in [1.165, 1.54) is 68.9 Å². The first-order chi connectivity index (χ1) is 53.9. The lowest BCUT2D eigenvalue weighted by Crippen LogP contribution is -2.40. The Morgan fingerprint density at radius 1 is 0.553 bits per heavy atom. The Balaban J connectivity index is 0.000000213. The number of rotatable bonds is 14. The number of amides is 2.